The van der Waals surface area contributed by atoms with Crippen LogP contribution in [0.3, 0.4) is 0 Å². The summed E-state index contributed by atoms with van der Waals surface area (Å²) >= 11 is 1.52. The van der Waals surface area contributed by atoms with E-state index >= 15 is 0 Å². The van der Waals surface area contributed by atoms with E-state index in [0.29, 0.717) is 11.4 Å². The maximum atomic E-state index is 11.2. The van der Waals surface area contributed by atoms with Crippen molar-refractivity contribution in [2.75, 3.05) is 11.9 Å². The number of aryl methyl sites for hydroxylation is 1. The first-order valence-corrected chi connectivity index (χ1v) is 6.59. The van der Waals surface area contributed by atoms with E-state index in [-0.39, 0.29) is 12.5 Å². The molecule has 1 amide bonds. The molecule has 1 aliphatic heterocycles. The number of ether oxygens (including phenoxy) is 1. The van der Waals surface area contributed by atoms with Crippen LogP contribution in [0.1, 0.15) is 16.3 Å². The van der Waals surface area contributed by atoms with Gasteiger partial charge in [0.15, 0.2) is 11.6 Å². The molecule has 2 aromatic rings. The molecule has 2 heterocycles. The number of hydrogen-bond donors (Lipinski definition) is 1. The highest BCUT2D eigenvalue weighted by Gasteiger charge is 2.15. The van der Waals surface area contributed by atoms with E-state index < -0.39 is 0 Å². The molecule has 19 heavy (non-hydrogen) atoms. The molecule has 1 aromatic carbocycles. The fourth-order valence-electron chi connectivity index (χ4n) is 1.70. The summed E-state index contributed by atoms with van der Waals surface area (Å²) in [5.74, 6) is 6.56. The van der Waals surface area contributed by atoms with E-state index in [1.165, 1.54) is 11.3 Å². The maximum Gasteiger partial charge on any atom is 0.262 e. The zero-order valence-electron chi connectivity index (χ0n) is 10.2. The minimum absolute atomic E-state index is 0.0659. The molecular formula is C14H10N2O2S. The first kappa shape index (κ1) is 11.8. The van der Waals surface area contributed by atoms with Gasteiger partial charge in [-0.3, -0.25) is 4.79 Å². The zero-order valence-corrected chi connectivity index (χ0v) is 11.0. The van der Waals surface area contributed by atoms with E-state index in [0.717, 1.165) is 16.3 Å². The summed E-state index contributed by atoms with van der Waals surface area (Å²) in [6, 6.07) is 5.48. The van der Waals surface area contributed by atoms with E-state index in [2.05, 4.69) is 22.1 Å². The molecule has 0 unspecified atom stereocenters. The summed E-state index contributed by atoms with van der Waals surface area (Å²) in [7, 11) is 0. The Morgan fingerprint density at radius 1 is 1.42 bits per heavy atom. The Morgan fingerprint density at radius 3 is 3.11 bits per heavy atom. The van der Waals surface area contributed by atoms with Crippen LogP contribution in [-0.2, 0) is 4.79 Å². The number of nitrogens with zero attached hydrogens (tertiary/aromatic N) is 1. The van der Waals surface area contributed by atoms with Crippen LogP contribution in [0.15, 0.2) is 23.6 Å². The van der Waals surface area contributed by atoms with Gasteiger partial charge in [-0.2, -0.15) is 0 Å². The van der Waals surface area contributed by atoms with Gasteiger partial charge in [-0.05, 0) is 31.0 Å². The van der Waals surface area contributed by atoms with Crippen molar-refractivity contribution >= 4 is 22.9 Å². The molecule has 0 bridgehead atoms. The molecular weight excluding hydrogens is 260 g/mol. The predicted octanol–water partition coefficient (Wildman–Crippen LogP) is 2.18. The van der Waals surface area contributed by atoms with Crippen LogP contribution >= 0.6 is 11.3 Å². The standard InChI is InChI=1S/C14H10N2O2S/c1-9-8-19-14(15-9)5-3-10-2-4-12-11(6-10)16-13(17)7-18-12/h2,4,6,8H,7H2,1H3,(H,16,17). The molecule has 0 fully saturated rings. The molecule has 0 aliphatic carbocycles. The second-order valence-corrected chi connectivity index (χ2v) is 4.95. The molecule has 4 nitrogen and oxygen atoms in total. The maximum absolute atomic E-state index is 11.2. The monoisotopic (exact) mass is 270 g/mol. The summed E-state index contributed by atoms with van der Waals surface area (Å²) in [5.41, 5.74) is 2.45. The van der Waals surface area contributed by atoms with Gasteiger partial charge in [0.05, 0.1) is 5.69 Å². The fourth-order valence-corrected chi connectivity index (χ4v) is 2.34. The summed E-state index contributed by atoms with van der Waals surface area (Å²) in [6.45, 7) is 2.00. The lowest BCUT2D eigenvalue weighted by Crippen LogP contribution is -2.25. The Bertz CT molecular complexity index is 710. The highest BCUT2D eigenvalue weighted by atomic mass is 32.1. The first-order valence-electron chi connectivity index (χ1n) is 5.71. The Hall–Kier alpha value is -2.32. The number of benzene rings is 1. The van der Waals surface area contributed by atoms with Crippen molar-refractivity contribution in [3.63, 3.8) is 0 Å². The number of hydrogen-bond acceptors (Lipinski definition) is 4. The lowest BCUT2D eigenvalue weighted by atomic mass is 10.1. The smallest absolute Gasteiger partial charge is 0.262 e. The second-order valence-electron chi connectivity index (χ2n) is 4.09. The first-order chi connectivity index (χ1) is 9.20. The number of nitrogens with one attached hydrogen (secondary N) is 1. The van der Waals surface area contributed by atoms with Crippen LogP contribution in [0.4, 0.5) is 5.69 Å². The van der Waals surface area contributed by atoms with Crippen molar-refractivity contribution in [2.45, 2.75) is 6.92 Å². The number of aromatic nitrogens is 1. The average Bonchev–Trinajstić information content (AvgIpc) is 2.81. The highest BCUT2D eigenvalue weighted by Crippen LogP contribution is 2.28. The van der Waals surface area contributed by atoms with Crippen LogP contribution in [0.2, 0.25) is 0 Å². The predicted molar refractivity (Wildman–Crippen MR) is 73.4 cm³/mol. The average molecular weight is 270 g/mol. The lowest BCUT2D eigenvalue weighted by Gasteiger charge is -2.17. The van der Waals surface area contributed by atoms with E-state index in [4.69, 9.17) is 4.74 Å². The molecule has 3 rings (SSSR count). The minimum Gasteiger partial charge on any atom is -0.482 e. The van der Waals surface area contributed by atoms with Gasteiger partial charge in [-0.1, -0.05) is 5.92 Å². The Balaban J connectivity index is 1.88. The molecule has 0 spiro atoms. The largest absolute Gasteiger partial charge is 0.482 e. The molecule has 1 aliphatic rings. The molecule has 0 saturated carbocycles. The number of anilines is 1. The van der Waals surface area contributed by atoms with Crippen LogP contribution in [-0.4, -0.2) is 17.5 Å². The fraction of sp³-hybridized carbons (Fsp3) is 0.143. The topological polar surface area (TPSA) is 51.2 Å². The van der Waals surface area contributed by atoms with Gasteiger partial charge in [-0.15, -0.1) is 11.3 Å². The van der Waals surface area contributed by atoms with Crippen LogP contribution in [0, 0.1) is 18.8 Å². The van der Waals surface area contributed by atoms with Crippen LogP contribution in [0.5, 0.6) is 5.75 Å². The quantitative estimate of drug-likeness (QED) is 0.746. The number of fused-ring (bicyclic) bond motifs is 1. The van der Waals surface area contributed by atoms with Gasteiger partial charge < -0.3 is 10.1 Å². The normalized spacial score (nSPS) is 12.8. The van der Waals surface area contributed by atoms with Crippen molar-refractivity contribution in [1.82, 2.24) is 4.98 Å². The van der Waals surface area contributed by atoms with Gasteiger partial charge in [0, 0.05) is 16.6 Å². The zero-order chi connectivity index (χ0) is 13.2. The Kier molecular flexibility index (Phi) is 2.94. The molecule has 1 aromatic heterocycles. The van der Waals surface area contributed by atoms with E-state index in [1.54, 1.807) is 6.07 Å². The van der Waals surface area contributed by atoms with Crippen LogP contribution in [0.25, 0.3) is 0 Å². The summed E-state index contributed by atoms with van der Waals surface area (Å²) in [6.07, 6.45) is 0. The van der Waals surface area contributed by atoms with E-state index in [9.17, 15) is 4.79 Å². The number of carbonyl (C=O) groups excluding carboxylic acids is 1. The Labute approximate surface area is 114 Å². The third kappa shape index (κ3) is 2.59. The van der Waals surface area contributed by atoms with Crippen molar-refractivity contribution in [1.29, 1.82) is 0 Å². The van der Waals surface area contributed by atoms with Gasteiger partial charge in [0.1, 0.15) is 5.75 Å². The number of carbonyl (C=O) groups is 1. The molecule has 0 radical (unpaired) electrons. The molecule has 1 N–H and O–H groups in total. The van der Waals surface area contributed by atoms with Gasteiger partial charge >= 0.3 is 0 Å². The second kappa shape index (κ2) is 4.75. The number of thiazole rings is 1. The molecule has 0 saturated heterocycles. The van der Waals surface area contributed by atoms with Gasteiger partial charge in [0.25, 0.3) is 5.91 Å². The number of amides is 1. The van der Waals surface area contributed by atoms with Gasteiger partial charge in [0.2, 0.25) is 0 Å². The molecule has 5 heteroatoms. The van der Waals surface area contributed by atoms with Gasteiger partial charge in [-0.25, -0.2) is 4.98 Å². The lowest BCUT2D eigenvalue weighted by molar-refractivity contribution is -0.118. The van der Waals surface area contributed by atoms with Crippen LogP contribution < -0.4 is 10.1 Å². The summed E-state index contributed by atoms with van der Waals surface area (Å²) in [4.78, 5) is 15.5. The third-order valence-corrected chi connectivity index (χ3v) is 3.42. The molecule has 94 valence electrons. The summed E-state index contributed by atoms with van der Waals surface area (Å²) in [5, 5.41) is 5.51. The molecule has 0 atom stereocenters. The van der Waals surface area contributed by atoms with Crippen molar-refractivity contribution in [2.24, 2.45) is 0 Å². The third-order valence-electron chi connectivity index (χ3n) is 2.55. The summed E-state index contributed by atoms with van der Waals surface area (Å²) < 4.78 is 5.29. The van der Waals surface area contributed by atoms with Crippen molar-refractivity contribution in [3.8, 4) is 17.6 Å². The van der Waals surface area contributed by atoms with Crippen molar-refractivity contribution < 1.29 is 9.53 Å². The minimum atomic E-state index is -0.145. The SMILES string of the molecule is Cc1csc(C#Cc2ccc3c(c2)NC(=O)CO3)n1. The van der Waals surface area contributed by atoms with E-state index in [1.807, 2.05) is 24.4 Å². The van der Waals surface area contributed by atoms with Crippen molar-refractivity contribution in [3.05, 3.63) is 39.8 Å². The number of rotatable bonds is 0. The highest BCUT2D eigenvalue weighted by molar-refractivity contribution is 7.10. The Morgan fingerprint density at radius 2 is 2.32 bits per heavy atom.